The second-order valence-electron chi connectivity index (χ2n) is 6.50. The average molecular weight is 366 g/mol. The zero-order valence-corrected chi connectivity index (χ0v) is 15.2. The number of esters is 1. The number of benzene rings is 2. The lowest BCUT2D eigenvalue weighted by atomic mass is 10.0. The molecule has 0 spiro atoms. The van der Waals surface area contributed by atoms with Crippen LogP contribution >= 0.6 is 0 Å². The van der Waals surface area contributed by atoms with Crippen molar-refractivity contribution in [2.45, 2.75) is 26.3 Å². The molecular formula is C21H22N2O4. The minimum Gasteiger partial charge on any atom is -0.462 e. The van der Waals surface area contributed by atoms with E-state index >= 15 is 0 Å². The van der Waals surface area contributed by atoms with Gasteiger partial charge in [0.1, 0.15) is 5.41 Å². The number of rotatable bonds is 7. The van der Waals surface area contributed by atoms with Crippen LogP contribution in [0.1, 0.15) is 35.7 Å². The minimum atomic E-state index is -1.01. The van der Waals surface area contributed by atoms with E-state index in [0.29, 0.717) is 37.2 Å². The Morgan fingerprint density at radius 1 is 0.963 bits per heavy atom. The number of carbonyl (C=O) groups excluding carboxylic acids is 3. The van der Waals surface area contributed by atoms with Crippen LogP contribution in [0, 0.1) is 5.41 Å². The highest BCUT2D eigenvalue weighted by atomic mass is 16.5. The number of hydrogen-bond donors (Lipinski definition) is 2. The Morgan fingerprint density at radius 3 is 2.22 bits per heavy atom. The maximum atomic E-state index is 12.6. The molecule has 0 radical (unpaired) electrons. The standard InChI is InChI=1S/C21H22N2O4/c1-2-27-18(24)16-8-10-17(11-9-16)23-20(26)21(12-13-21)19(25)22-14-15-6-4-3-5-7-15/h3-11H,2,12-14H2,1H3,(H,22,25)(H,23,26). The summed E-state index contributed by atoms with van der Waals surface area (Å²) in [4.78, 5) is 36.8. The van der Waals surface area contributed by atoms with E-state index in [9.17, 15) is 14.4 Å². The van der Waals surface area contributed by atoms with Crippen molar-refractivity contribution in [3.63, 3.8) is 0 Å². The van der Waals surface area contributed by atoms with Gasteiger partial charge in [0.2, 0.25) is 11.8 Å². The highest BCUT2D eigenvalue weighted by Crippen LogP contribution is 2.46. The van der Waals surface area contributed by atoms with Crippen LogP contribution in [0.5, 0.6) is 0 Å². The van der Waals surface area contributed by atoms with Gasteiger partial charge in [-0.05, 0) is 49.6 Å². The van der Waals surface area contributed by atoms with Crippen LogP contribution in [-0.4, -0.2) is 24.4 Å². The van der Waals surface area contributed by atoms with Crippen molar-refractivity contribution in [2.75, 3.05) is 11.9 Å². The van der Waals surface area contributed by atoms with E-state index in [1.54, 1.807) is 31.2 Å². The second-order valence-corrected chi connectivity index (χ2v) is 6.50. The third-order valence-electron chi connectivity index (χ3n) is 4.57. The average Bonchev–Trinajstić information content (AvgIpc) is 3.50. The van der Waals surface area contributed by atoms with Crippen molar-refractivity contribution in [3.8, 4) is 0 Å². The van der Waals surface area contributed by atoms with E-state index in [1.165, 1.54) is 0 Å². The summed E-state index contributed by atoms with van der Waals surface area (Å²) in [6, 6.07) is 16.0. The van der Waals surface area contributed by atoms with Gasteiger partial charge in [-0.1, -0.05) is 30.3 Å². The zero-order valence-electron chi connectivity index (χ0n) is 15.2. The summed E-state index contributed by atoms with van der Waals surface area (Å²) in [5.74, 6) is -0.988. The molecule has 140 valence electrons. The lowest BCUT2D eigenvalue weighted by Gasteiger charge is -2.15. The van der Waals surface area contributed by atoms with Crippen molar-refractivity contribution in [1.29, 1.82) is 0 Å². The molecule has 0 heterocycles. The Kier molecular flexibility index (Phi) is 5.54. The van der Waals surface area contributed by atoms with Gasteiger partial charge in [0.05, 0.1) is 12.2 Å². The molecule has 1 aliphatic carbocycles. The molecule has 6 heteroatoms. The predicted molar refractivity (Wildman–Crippen MR) is 101 cm³/mol. The zero-order chi connectivity index (χ0) is 19.3. The third-order valence-corrected chi connectivity index (χ3v) is 4.57. The van der Waals surface area contributed by atoms with E-state index in [1.807, 2.05) is 30.3 Å². The number of nitrogens with one attached hydrogen (secondary N) is 2. The molecule has 27 heavy (non-hydrogen) atoms. The molecule has 2 N–H and O–H groups in total. The van der Waals surface area contributed by atoms with Gasteiger partial charge in [-0.3, -0.25) is 9.59 Å². The third kappa shape index (κ3) is 4.34. The molecule has 1 aliphatic rings. The van der Waals surface area contributed by atoms with Crippen molar-refractivity contribution in [3.05, 3.63) is 65.7 Å². The van der Waals surface area contributed by atoms with Gasteiger partial charge in [-0.15, -0.1) is 0 Å². The van der Waals surface area contributed by atoms with E-state index < -0.39 is 11.4 Å². The highest BCUT2D eigenvalue weighted by molar-refractivity contribution is 6.13. The highest BCUT2D eigenvalue weighted by Gasteiger charge is 2.56. The maximum Gasteiger partial charge on any atom is 0.338 e. The van der Waals surface area contributed by atoms with Gasteiger partial charge < -0.3 is 15.4 Å². The topological polar surface area (TPSA) is 84.5 Å². The monoisotopic (exact) mass is 366 g/mol. The molecule has 0 saturated heterocycles. The van der Waals surface area contributed by atoms with Crippen molar-refractivity contribution in [2.24, 2.45) is 5.41 Å². The van der Waals surface area contributed by atoms with Crippen LogP contribution in [0.4, 0.5) is 5.69 Å². The van der Waals surface area contributed by atoms with Gasteiger partial charge in [0, 0.05) is 12.2 Å². The Balaban J connectivity index is 1.58. The molecule has 0 unspecified atom stereocenters. The quantitative estimate of drug-likeness (QED) is 0.583. The van der Waals surface area contributed by atoms with Gasteiger partial charge in [-0.2, -0.15) is 0 Å². The number of anilines is 1. The Bertz CT molecular complexity index is 827. The second kappa shape index (κ2) is 8.03. The van der Waals surface area contributed by atoms with Crippen LogP contribution in [0.3, 0.4) is 0 Å². The Hall–Kier alpha value is -3.15. The first-order valence-electron chi connectivity index (χ1n) is 8.96. The van der Waals surface area contributed by atoms with E-state index in [4.69, 9.17) is 4.74 Å². The molecule has 2 aromatic rings. The molecule has 2 aromatic carbocycles. The summed E-state index contributed by atoms with van der Waals surface area (Å²) < 4.78 is 4.93. The Labute approximate surface area is 157 Å². The summed E-state index contributed by atoms with van der Waals surface area (Å²) in [5.41, 5.74) is 0.928. The predicted octanol–water partition coefficient (Wildman–Crippen LogP) is 2.90. The lowest BCUT2D eigenvalue weighted by molar-refractivity contribution is -0.134. The first-order valence-corrected chi connectivity index (χ1v) is 8.96. The van der Waals surface area contributed by atoms with Crippen LogP contribution in [0.15, 0.2) is 54.6 Å². The van der Waals surface area contributed by atoms with Crippen molar-refractivity contribution < 1.29 is 19.1 Å². The minimum absolute atomic E-state index is 0.257. The van der Waals surface area contributed by atoms with Crippen molar-refractivity contribution >= 4 is 23.5 Å². The molecule has 0 aromatic heterocycles. The molecule has 0 bridgehead atoms. The SMILES string of the molecule is CCOC(=O)c1ccc(NC(=O)C2(C(=O)NCc3ccccc3)CC2)cc1. The molecule has 6 nitrogen and oxygen atoms in total. The Morgan fingerprint density at radius 2 is 1.63 bits per heavy atom. The van der Waals surface area contributed by atoms with Gasteiger partial charge >= 0.3 is 5.97 Å². The van der Waals surface area contributed by atoms with E-state index in [2.05, 4.69) is 10.6 Å². The summed E-state index contributed by atoms with van der Waals surface area (Å²) in [6.07, 6.45) is 1.06. The van der Waals surface area contributed by atoms with Crippen LogP contribution in [0.25, 0.3) is 0 Å². The van der Waals surface area contributed by atoms with Gasteiger partial charge in [-0.25, -0.2) is 4.79 Å². The summed E-state index contributed by atoms with van der Waals surface area (Å²) >= 11 is 0. The summed E-state index contributed by atoms with van der Waals surface area (Å²) in [5, 5.41) is 5.62. The molecule has 3 rings (SSSR count). The number of amides is 2. The largest absolute Gasteiger partial charge is 0.462 e. The lowest BCUT2D eigenvalue weighted by Crippen LogP contribution is -2.39. The smallest absolute Gasteiger partial charge is 0.338 e. The first kappa shape index (κ1) is 18.6. The van der Waals surface area contributed by atoms with E-state index in [-0.39, 0.29) is 11.8 Å². The van der Waals surface area contributed by atoms with Crippen molar-refractivity contribution in [1.82, 2.24) is 5.32 Å². The summed E-state index contributed by atoms with van der Waals surface area (Å²) in [7, 11) is 0. The van der Waals surface area contributed by atoms with Crippen LogP contribution in [0.2, 0.25) is 0 Å². The number of hydrogen-bond acceptors (Lipinski definition) is 4. The fourth-order valence-corrected chi connectivity index (χ4v) is 2.78. The normalized spacial score (nSPS) is 14.1. The van der Waals surface area contributed by atoms with Gasteiger partial charge in [0.15, 0.2) is 0 Å². The van der Waals surface area contributed by atoms with E-state index in [0.717, 1.165) is 5.56 Å². The molecule has 1 saturated carbocycles. The van der Waals surface area contributed by atoms with Crippen LogP contribution < -0.4 is 10.6 Å². The molecular weight excluding hydrogens is 344 g/mol. The summed E-state index contributed by atoms with van der Waals surface area (Å²) in [6.45, 7) is 2.44. The number of ether oxygens (including phenoxy) is 1. The molecule has 0 aliphatic heterocycles. The maximum absolute atomic E-state index is 12.6. The fourth-order valence-electron chi connectivity index (χ4n) is 2.78. The number of carbonyl (C=O) groups is 3. The fraction of sp³-hybridized carbons (Fsp3) is 0.286. The van der Waals surface area contributed by atoms with Gasteiger partial charge in [0.25, 0.3) is 0 Å². The molecule has 0 atom stereocenters. The molecule has 2 amide bonds. The first-order chi connectivity index (χ1) is 13.0. The van der Waals surface area contributed by atoms with Crippen LogP contribution in [-0.2, 0) is 20.9 Å². The molecule has 1 fully saturated rings.